The van der Waals surface area contributed by atoms with Crippen LogP contribution in [-0.2, 0) is 11.3 Å². The van der Waals surface area contributed by atoms with E-state index in [9.17, 15) is 4.79 Å². The van der Waals surface area contributed by atoms with Gasteiger partial charge in [-0.1, -0.05) is 42.1 Å². The fourth-order valence-electron chi connectivity index (χ4n) is 2.18. The molecule has 3 aromatic rings. The fourth-order valence-corrected chi connectivity index (χ4v) is 3.10. The summed E-state index contributed by atoms with van der Waals surface area (Å²) >= 11 is 1.63. The van der Waals surface area contributed by atoms with Gasteiger partial charge in [0.1, 0.15) is 5.76 Å². The minimum Gasteiger partial charge on any atom is -0.468 e. The van der Waals surface area contributed by atoms with Crippen molar-refractivity contribution in [3.63, 3.8) is 0 Å². The van der Waals surface area contributed by atoms with Crippen molar-refractivity contribution in [3.8, 4) is 0 Å². The van der Waals surface area contributed by atoms with Crippen LogP contribution in [0.4, 0.5) is 5.69 Å². The quantitative estimate of drug-likeness (QED) is 0.679. The molecule has 0 aliphatic carbocycles. The van der Waals surface area contributed by atoms with E-state index in [1.54, 1.807) is 18.0 Å². The predicted octanol–water partition coefficient (Wildman–Crippen LogP) is 4.16. The molecule has 0 radical (unpaired) electrons. The maximum atomic E-state index is 12.1. The van der Waals surface area contributed by atoms with E-state index < -0.39 is 0 Å². The van der Waals surface area contributed by atoms with Gasteiger partial charge in [-0.15, -0.1) is 0 Å². The van der Waals surface area contributed by atoms with E-state index in [1.807, 2.05) is 66.7 Å². The molecule has 0 fully saturated rings. The monoisotopic (exact) mass is 338 g/mol. The molecule has 24 heavy (non-hydrogen) atoms. The van der Waals surface area contributed by atoms with Crippen LogP contribution in [0.1, 0.15) is 5.76 Å². The van der Waals surface area contributed by atoms with Crippen molar-refractivity contribution in [2.24, 2.45) is 0 Å². The van der Waals surface area contributed by atoms with Crippen LogP contribution in [0.3, 0.4) is 0 Å². The van der Waals surface area contributed by atoms with Gasteiger partial charge in [0.15, 0.2) is 0 Å². The summed E-state index contributed by atoms with van der Waals surface area (Å²) in [6, 6.07) is 21.6. The van der Waals surface area contributed by atoms with Gasteiger partial charge in [0, 0.05) is 9.79 Å². The van der Waals surface area contributed by atoms with Crippen LogP contribution in [0.5, 0.6) is 0 Å². The Bertz CT molecular complexity index is 773. The number of para-hydroxylation sites is 1. The molecule has 1 amide bonds. The summed E-state index contributed by atoms with van der Waals surface area (Å²) in [4.78, 5) is 14.3. The number of hydrogen-bond acceptors (Lipinski definition) is 4. The fraction of sp³-hybridized carbons (Fsp3) is 0.105. The smallest absolute Gasteiger partial charge is 0.238 e. The number of furan rings is 1. The molecule has 0 saturated carbocycles. The van der Waals surface area contributed by atoms with Gasteiger partial charge >= 0.3 is 0 Å². The molecule has 0 unspecified atom stereocenters. The number of rotatable bonds is 7. The second kappa shape index (κ2) is 8.38. The first-order chi connectivity index (χ1) is 11.8. The molecule has 0 spiro atoms. The Balaban J connectivity index is 1.57. The molecule has 2 aromatic carbocycles. The average molecular weight is 338 g/mol. The number of carbonyl (C=O) groups excluding carboxylic acids is 1. The van der Waals surface area contributed by atoms with E-state index >= 15 is 0 Å². The third-order valence-electron chi connectivity index (χ3n) is 3.30. The van der Waals surface area contributed by atoms with Crippen LogP contribution >= 0.6 is 11.8 Å². The first kappa shape index (κ1) is 16.4. The van der Waals surface area contributed by atoms with Gasteiger partial charge in [0.2, 0.25) is 5.91 Å². The van der Waals surface area contributed by atoms with Crippen LogP contribution in [0.2, 0.25) is 0 Å². The summed E-state index contributed by atoms with van der Waals surface area (Å²) in [6.45, 7) is 0.756. The van der Waals surface area contributed by atoms with E-state index in [0.29, 0.717) is 6.54 Å². The first-order valence-corrected chi connectivity index (χ1v) is 8.48. The molecule has 0 atom stereocenters. The SMILES string of the molecule is O=C(CNCc1ccco1)Nc1ccccc1Sc1ccccc1. The van der Waals surface area contributed by atoms with Crippen molar-refractivity contribution in [3.05, 3.63) is 78.8 Å². The highest BCUT2D eigenvalue weighted by molar-refractivity contribution is 7.99. The third-order valence-corrected chi connectivity index (χ3v) is 4.38. The van der Waals surface area contributed by atoms with E-state index in [1.165, 1.54) is 0 Å². The molecule has 2 N–H and O–H groups in total. The van der Waals surface area contributed by atoms with Gasteiger partial charge < -0.3 is 15.1 Å². The maximum Gasteiger partial charge on any atom is 0.238 e. The lowest BCUT2D eigenvalue weighted by molar-refractivity contribution is -0.115. The summed E-state index contributed by atoms with van der Waals surface area (Å²) in [7, 11) is 0. The van der Waals surface area contributed by atoms with E-state index in [2.05, 4.69) is 10.6 Å². The Morgan fingerprint density at radius 1 is 0.958 bits per heavy atom. The van der Waals surface area contributed by atoms with Crippen molar-refractivity contribution < 1.29 is 9.21 Å². The van der Waals surface area contributed by atoms with E-state index in [4.69, 9.17) is 4.42 Å². The van der Waals surface area contributed by atoms with Crippen LogP contribution in [-0.4, -0.2) is 12.5 Å². The zero-order valence-electron chi connectivity index (χ0n) is 13.1. The molecule has 0 saturated heterocycles. The molecule has 0 aliphatic rings. The highest BCUT2D eigenvalue weighted by atomic mass is 32.2. The van der Waals surface area contributed by atoms with E-state index in [-0.39, 0.29) is 12.5 Å². The summed E-state index contributed by atoms with van der Waals surface area (Å²) < 4.78 is 5.22. The Labute approximate surface area is 145 Å². The molecule has 122 valence electrons. The first-order valence-electron chi connectivity index (χ1n) is 7.66. The lowest BCUT2D eigenvalue weighted by Gasteiger charge is -2.11. The van der Waals surface area contributed by atoms with Gasteiger partial charge in [0.05, 0.1) is 25.0 Å². The second-order valence-electron chi connectivity index (χ2n) is 5.14. The largest absolute Gasteiger partial charge is 0.468 e. The number of carbonyl (C=O) groups is 1. The van der Waals surface area contributed by atoms with Crippen molar-refractivity contribution in [1.82, 2.24) is 5.32 Å². The minimum absolute atomic E-state index is 0.0809. The molecular formula is C19H18N2O2S. The molecule has 4 nitrogen and oxygen atoms in total. The van der Waals surface area contributed by atoms with E-state index in [0.717, 1.165) is 21.2 Å². The zero-order valence-corrected chi connectivity index (χ0v) is 13.9. The Kier molecular flexibility index (Phi) is 5.71. The molecular weight excluding hydrogens is 320 g/mol. The second-order valence-corrected chi connectivity index (χ2v) is 6.26. The Morgan fingerprint density at radius 3 is 2.54 bits per heavy atom. The number of benzene rings is 2. The lowest BCUT2D eigenvalue weighted by atomic mass is 10.3. The highest BCUT2D eigenvalue weighted by Crippen LogP contribution is 2.33. The number of amides is 1. The molecule has 5 heteroatoms. The predicted molar refractivity (Wildman–Crippen MR) is 96.1 cm³/mol. The summed E-state index contributed by atoms with van der Waals surface area (Å²) in [5.74, 6) is 0.727. The van der Waals surface area contributed by atoms with Gasteiger partial charge in [-0.2, -0.15) is 0 Å². The topological polar surface area (TPSA) is 54.3 Å². The summed E-state index contributed by atoms with van der Waals surface area (Å²) in [5.41, 5.74) is 0.816. The van der Waals surface area contributed by atoms with Gasteiger partial charge in [-0.3, -0.25) is 4.79 Å². The lowest BCUT2D eigenvalue weighted by Crippen LogP contribution is -2.27. The van der Waals surface area contributed by atoms with Crippen molar-refractivity contribution in [2.75, 3.05) is 11.9 Å². The molecule has 0 bridgehead atoms. The van der Waals surface area contributed by atoms with Crippen molar-refractivity contribution >= 4 is 23.4 Å². The van der Waals surface area contributed by atoms with Crippen LogP contribution in [0.25, 0.3) is 0 Å². The zero-order chi connectivity index (χ0) is 16.6. The number of nitrogens with one attached hydrogen (secondary N) is 2. The number of anilines is 1. The Hall–Kier alpha value is -2.50. The highest BCUT2D eigenvalue weighted by Gasteiger charge is 2.08. The Morgan fingerprint density at radius 2 is 1.75 bits per heavy atom. The average Bonchev–Trinajstić information content (AvgIpc) is 3.11. The third kappa shape index (κ3) is 4.75. The molecule has 1 heterocycles. The number of hydrogen-bond donors (Lipinski definition) is 2. The minimum atomic E-state index is -0.0809. The maximum absolute atomic E-state index is 12.1. The van der Waals surface area contributed by atoms with Gasteiger partial charge in [0.25, 0.3) is 0 Å². The van der Waals surface area contributed by atoms with Gasteiger partial charge in [-0.05, 0) is 36.4 Å². The van der Waals surface area contributed by atoms with Crippen LogP contribution in [0.15, 0.2) is 87.2 Å². The summed E-state index contributed by atoms with van der Waals surface area (Å²) in [6.07, 6.45) is 1.62. The molecule has 0 aliphatic heterocycles. The van der Waals surface area contributed by atoms with Crippen molar-refractivity contribution in [1.29, 1.82) is 0 Å². The molecule has 3 rings (SSSR count). The van der Waals surface area contributed by atoms with Crippen LogP contribution < -0.4 is 10.6 Å². The van der Waals surface area contributed by atoms with Crippen LogP contribution in [0, 0.1) is 0 Å². The molecule has 1 aromatic heterocycles. The van der Waals surface area contributed by atoms with Crippen molar-refractivity contribution in [2.45, 2.75) is 16.3 Å². The summed E-state index contributed by atoms with van der Waals surface area (Å²) in [5, 5.41) is 6.02. The van der Waals surface area contributed by atoms with Gasteiger partial charge in [-0.25, -0.2) is 0 Å². The standard InChI is InChI=1S/C19H18N2O2S/c22-19(14-20-13-15-7-6-12-23-15)21-17-10-4-5-11-18(17)24-16-8-2-1-3-9-16/h1-12,20H,13-14H2,(H,21,22). The normalized spacial score (nSPS) is 10.5.